The summed E-state index contributed by atoms with van der Waals surface area (Å²) in [6.45, 7) is 5.22. The van der Waals surface area contributed by atoms with Gasteiger partial charge in [-0.15, -0.1) is 0 Å². The highest BCUT2D eigenvalue weighted by Crippen LogP contribution is 2.51. The molecule has 2 aromatic heterocycles. The number of hydrogen-bond acceptors (Lipinski definition) is 5. The van der Waals surface area contributed by atoms with Crippen LogP contribution in [0.15, 0.2) is 18.5 Å². The topological polar surface area (TPSA) is 97.6 Å². The van der Waals surface area contributed by atoms with Crippen LogP contribution in [0.1, 0.15) is 95.6 Å². The molecular formula is C27H35F4N5O3. The number of alkyl carbamates (subject to hydrolysis) is 1. The lowest BCUT2D eigenvalue weighted by molar-refractivity contribution is -0.123. The number of amides is 2. The Bertz CT molecular complexity index is 1230. The molecule has 0 radical (unpaired) electrons. The number of nitrogens with zero attached hydrogens (tertiary/aromatic N) is 3. The smallest absolute Gasteiger partial charge is 0.408 e. The summed E-state index contributed by atoms with van der Waals surface area (Å²) in [7, 11) is 0. The van der Waals surface area contributed by atoms with Gasteiger partial charge in [-0.25, -0.2) is 32.3 Å². The van der Waals surface area contributed by atoms with Gasteiger partial charge >= 0.3 is 6.09 Å². The molecule has 2 N–H and O–H groups in total. The molecule has 2 amide bonds. The molecule has 5 rings (SSSR count). The molecule has 3 saturated carbocycles. The number of rotatable bonds is 8. The Kier molecular flexibility index (Phi) is 7.03. The third kappa shape index (κ3) is 6.81. The number of hydrogen-bond donors (Lipinski definition) is 2. The SMILES string of the molecule is CC(C)(C)OC(=O)N[C@H](c1cn2ccc([C@H](NC(=O)CC3CC3(F)F)C3CC3)nc2n1)C1CCC(F)(F)CC1. The van der Waals surface area contributed by atoms with Gasteiger partial charge in [-0.1, -0.05) is 0 Å². The van der Waals surface area contributed by atoms with Crippen molar-refractivity contribution in [1.29, 1.82) is 0 Å². The van der Waals surface area contributed by atoms with Crippen molar-refractivity contribution in [2.24, 2.45) is 17.8 Å². The first kappa shape index (κ1) is 27.6. The largest absolute Gasteiger partial charge is 0.444 e. The maximum atomic E-state index is 13.9. The standard InChI is InChI=1S/C27H35F4N5O3/c1-25(2,3)39-24(38)35-22(16-6-9-26(28,29)10-7-16)19-14-36-11-8-18(32-23(36)33-19)21(15-4-5-15)34-20(37)12-17-13-27(17,30)31/h8,11,14-17,21-22H,4-7,9-10,12-13H2,1-3H3,(H,34,37)(H,35,38)/t17?,21-,22+/m1/s1. The highest BCUT2D eigenvalue weighted by atomic mass is 19.3. The van der Waals surface area contributed by atoms with Gasteiger partial charge < -0.3 is 15.4 Å². The second kappa shape index (κ2) is 9.92. The summed E-state index contributed by atoms with van der Waals surface area (Å²) >= 11 is 0. The predicted molar refractivity (Wildman–Crippen MR) is 133 cm³/mol. The van der Waals surface area contributed by atoms with E-state index in [9.17, 15) is 27.2 Å². The van der Waals surface area contributed by atoms with Gasteiger partial charge in [0.25, 0.3) is 5.92 Å². The summed E-state index contributed by atoms with van der Waals surface area (Å²) in [5, 5.41) is 5.73. The summed E-state index contributed by atoms with van der Waals surface area (Å²) in [6.07, 6.45) is 4.00. The highest BCUT2D eigenvalue weighted by molar-refractivity contribution is 5.77. The van der Waals surface area contributed by atoms with Crippen molar-refractivity contribution in [2.75, 3.05) is 0 Å². The molecule has 3 aliphatic rings. The summed E-state index contributed by atoms with van der Waals surface area (Å²) in [4.78, 5) is 34.4. The number of carbonyl (C=O) groups excluding carboxylic acids is 2. The van der Waals surface area contributed by atoms with Crippen LogP contribution >= 0.6 is 0 Å². The summed E-state index contributed by atoms with van der Waals surface area (Å²) in [5.74, 6) is -6.57. The zero-order chi connectivity index (χ0) is 28.2. The average Bonchev–Trinajstić information content (AvgIpc) is 3.71. The number of halogens is 4. The molecule has 3 fully saturated rings. The van der Waals surface area contributed by atoms with E-state index in [0.29, 0.717) is 17.2 Å². The fourth-order valence-electron chi connectivity index (χ4n) is 5.30. The Morgan fingerprint density at radius 2 is 1.62 bits per heavy atom. The number of fused-ring (bicyclic) bond motifs is 1. The van der Waals surface area contributed by atoms with Crippen molar-refractivity contribution in [1.82, 2.24) is 25.0 Å². The molecule has 0 saturated heterocycles. The molecule has 0 bridgehead atoms. The number of alkyl halides is 4. The Balaban J connectivity index is 1.36. The molecule has 214 valence electrons. The van der Waals surface area contributed by atoms with E-state index < -0.39 is 47.4 Å². The maximum absolute atomic E-state index is 13.9. The molecule has 2 heterocycles. The van der Waals surface area contributed by atoms with Crippen LogP contribution in [-0.2, 0) is 9.53 Å². The van der Waals surface area contributed by atoms with Gasteiger partial charge in [0.05, 0.1) is 23.5 Å². The lowest BCUT2D eigenvalue weighted by Crippen LogP contribution is -2.40. The van der Waals surface area contributed by atoms with E-state index in [4.69, 9.17) is 4.74 Å². The van der Waals surface area contributed by atoms with E-state index in [1.807, 2.05) is 0 Å². The van der Waals surface area contributed by atoms with Crippen LogP contribution in [0.2, 0.25) is 0 Å². The third-order valence-electron chi connectivity index (χ3n) is 7.71. The minimum Gasteiger partial charge on any atom is -0.444 e. The van der Waals surface area contributed by atoms with E-state index in [1.165, 1.54) is 0 Å². The molecule has 3 atom stereocenters. The van der Waals surface area contributed by atoms with E-state index in [1.54, 1.807) is 43.6 Å². The molecule has 0 aliphatic heterocycles. The molecule has 1 unspecified atom stereocenters. The second-order valence-electron chi connectivity index (χ2n) is 12.3. The normalized spacial score (nSPS) is 24.1. The highest BCUT2D eigenvalue weighted by Gasteiger charge is 2.57. The number of aromatic nitrogens is 3. The quantitative estimate of drug-likeness (QED) is 0.407. The van der Waals surface area contributed by atoms with Gasteiger partial charge in [0.2, 0.25) is 17.6 Å². The fraction of sp³-hybridized carbons (Fsp3) is 0.704. The minimum absolute atomic E-state index is 0.170. The lowest BCUT2D eigenvalue weighted by Gasteiger charge is -2.33. The predicted octanol–water partition coefficient (Wildman–Crippen LogP) is 5.73. The zero-order valence-electron chi connectivity index (χ0n) is 22.4. The molecule has 2 aromatic rings. The van der Waals surface area contributed by atoms with E-state index in [2.05, 4.69) is 20.6 Å². The monoisotopic (exact) mass is 553 g/mol. The Morgan fingerprint density at radius 1 is 1.03 bits per heavy atom. The summed E-state index contributed by atoms with van der Waals surface area (Å²) in [5.41, 5.74) is 0.317. The van der Waals surface area contributed by atoms with Crippen molar-refractivity contribution < 1.29 is 31.9 Å². The van der Waals surface area contributed by atoms with Gasteiger partial charge in [-0.3, -0.25) is 9.20 Å². The van der Waals surface area contributed by atoms with Crippen LogP contribution in [0.25, 0.3) is 5.78 Å². The van der Waals surface area contributed by atoms with Crippen molar-refractivity contribution >= 4 is 17.8 Å². The average molecular weight is 554 g/mol. The zero-order valence-corrected chi connectivity index (χ0v) is 22.4. The first-order valence-corrected chi connectivity index (χ1v) is 13.6. The molecule has 0 spiro atoms. The number of carbonyl (C=O) groups is 2. The molecule has 0 aromatic carbocycles. The molecule has 3 aliphatic carbocycles. The first-order chi connectivity index (χ1) is 18.2. The Labute approximate surface area is 224 Å². The van der Waals surface area contributed by atoms with E-state index in [0.717, 1.165) is 12.8 Å². The van der Waals surface area contributed by atoms with Crippen LogP contribution in [-0.4, -0.2) is 43.8 Å². The molecule has 12 heteroatoms. The van der Waals surface area contributed by atoms with Crippen LogP contribution in [0.5, 0.6) is 0 Å². The lowest BCUT2D eigenvalue weighted by atomic mass is 9.81. The van der Waals surface area contributed by atoms with Crippen LogP contribution < -0.4 is 10.6 Å². The second-order valence-corrected chi connectivity index (χ2v) is 12.3. The number of imidazole rings is 1. The van der Waals surface area contributed by atoms with Crippen LogP contribution in [0.4, 0.5) is 22.4 Å². The number of nitrogens with one attached hydrogen (secondary N) is 2. The van der Waals surface area contributed by atoms with Crippen molar-refractivity contribution in [3.8, 4) is 0 Å². The Hall–Kier alpha value is -2.92. The van der Waals surface area contributed by atoms with Gasteiger partial charge in [-0.05, 0) is 64.4 Å². The van der Waals surface area contributed by atoms with Crippen LogP contribution in [0.3, 0.4) is 0 Å². The maximum Gasteiger partial charge on any atom is 0.408 e. The van der Waals surface area contributed by atoms with Gasteiger partial charge in [-0.2, -0.15) is 0 Å². The van der Waals surface area contributed by atoms with Crippen molar-refractivity contribution in [2.45, 2.75) is 102 Å². The molecule has 8 nitrogen and oxygen atoms in total. The minimum atomic E-state index is -2.76. The summed E-state index contributed by atoms with van der Waals surface area (Å²) < 4.78 is 61.4. The van der Waals surface area contributed by atoms with Gasteiger partial charge in [0.15, 0.2) is 0 Å². The molecular weight excluding hydrogens is 518 g/mol. The molecule has 39 heavy (non-hydrogen) atoms. The van der Waals surface area contributed by atoms with Gasteiger partial charge in [0, 0.05) is 44.0 Å². The summed E-state index contributed by atoms with van der Waals surface area (Å²) in [6, 6.07) is 0.691. The van der Waals surface area contributed by atoms with E-state index in [-0.39, 0.29) is 50.4 Å². The third-order valence-corrected chi connectivity index (χ3v) is 7.71. The van der Waals surface area contributed by atoms with Crippen molar-refractivity contribution in [3.63, 3.8) is 0 Å². The van der Waals surface area contributed by atoms with Crippen molar-refractivity contribution in [3.05, 3.63) is 29.8 Å². The van der Waals surface area contributed by atoms with Crippen LogP contribution in [0, 0.1) is 17.8 Å². The first-order valence-electron chi connectivity index (χ1n) is 13.6. The Morgan fingerprint density at radius 3 is 2.21 bits per heavy atom. The fourth-order valence-corrected chi connectivity index (χ4v) is 5.30. The number of ether oxygens (including phenoxy) is 1. The van der Waals surface area contributed by atoms with Gasteiger partial charge in [0.1, 0.15) is 5.60 Å². The van der Waals surface area contributed by atoms with E-state index >= 15 is 0 Å².